The van der Waals surface area contributed by atoms with Gasteiger partial charge in [0.15, 0.2) is 0 Å². The molecule has 5 nitrogen and oxygen atoms in total. The zero-order valence-corrected chi connectivity index (χ0v) is 8.09. The van der Waals surface area contributed by atoms with E-state index in [-0.39, 0.29) is 6.03 Å². The van der Waals surface area contributed by atoms with Gasteiger partial charge in [0.1, 0.15) is 5.82 Å². The van der Waals surface area contributed by atoms with E-state index in [1.54, 1.807) is 11.7 Å². The van der Waals surface area contributed by atoms with Crippen molar-refractivity contribution in [2.24, 2.45) is 7.05 Å². The van der Waals surface area contributed by atoms with Gasteiger partial charge < -0.3 is 5.32 Å². The van der Waals surface area contributed by atoms with E-state index in [2.05, 4.69) is 15.7 Å². The highest BCUT2D eigenvalue weighted by Crippen LogP contribution is 2.06. The molecule has 0 aliphatic heterocycles. The summed E-state index contributed by atoms with van der Waals surface area (Å²) in [6, 6.07) is 1.61. The quantitative estimate of drug-likeness (QED) is 0.713. The minimum Gasteiger partial charge on any atom is -0.338 e. The molecular weight excluding hydrogens is 168 g/mol. The summed E-state index contributed by atoms with van der Waals surface area (Å²) in [6.45, 7) is 4.36. The molecule has 1 aromatic heterocycles. The van der Waals surface area contributed by atoms with Gasteiger partial charge in [-0.15, -0.1) is 0 Å². The van der Waals surface area contributed by atoms with Crippen LogP contribution in [0.25, 0.3) is 0 Å². The maximum Gasteiger partial charge on any atom is 0.320 e. The van der Waals surface area contributed by atoms with Crippen LogP contribution in [0.3, 0.4) is 0 Å². The Hall–Kier alpha value is -1.52. The molecule has 0 radical (unpaired) electrons. The Balaban J connectivity index is 2.63. The van der Waals surface area contributed by atoms with Gasteiger partial charge in [0, 0.05) is 19.7 Å². The first-order valence-corrected chi connectivity index (χ1v) is 4.19. The van der Waals surface area contributed by atoms with Crippen LogP contribution in [0.5, 0.6) is 0 Å². The highest BCUT2D eigenvalue weighted by atomic mass is 16.2. The molecule has 1 heterocycles. The maximum atomic E-state index is 11.1. The van der Waals surface area contributed by atoms with Crippen LogP contribution in [-0.2, 0) is 7.05 Å². The van der Waals surface area contributed by atoms with Gasteiger partial charge in [0.25, 0.3) is 0 Å². The second-order valence-corrected chi connectivity index (χ2v) is 2.78. The van der Waals surface area contributed by atoms with Crippen molar-refractivity contribution in [1.82, 2.24) is 15.1 Å². The molecular formula is C8H14N4O. The molecule has 0 aliphatic rings. The topological polar surface area (TPSA) is 59.0 Å². The van der Waals surface area contributed by atoms with Crippen LogP contribution in [0.1, 0.15) is 12.6 Å². The molecule has 0 aliphatic carbocycles. The first kappa shape index (κ1) is 9.57. The largest absolute Gasteiger partial charge is 0.338 e. The van der Waals surface area contributed by atoms with Crippen LogP contribution >= 0.6 is 0 Å². The predicted molar refractivity (Wildman–Crippen MR) is 50.6 cm³/mol. The number of aromatic nitrogens is 2. The smallest absolute Gasteiger partial charge is 0.320 e. The fourth-order valence-electron chi connectivity index (χ4n) is 1.05. The molecule has 0 spiro atoms. The molecule has 0 saturated heterocycles. The highest BCUT2D eigenvalue weighted by molar-refractivity contribution is 5.88. The van der Waals surface area contributed by atoms with Gasteiger partial charge in [-0.2, -0.15) is 5.10 Å². The lowest BCUT2D eigenvalue weighted by atomic mass is 10.5. The van der Waals surface area contributed by atoms with E-state index in [0.29, 0.717) is 12.4 Å². The third kappa shape index (κ3) is 2.47. The van der Waals surface area contributed by atoms with Crippen molar-refractivity contribution in [1.29, 1.82) is 0 Å². The first-order valence-electron chi connectivity index (χ1n) is 4.19. The molecule has 0 atom stereocenters. The molecule has 0 bridgehead atoms. The van der Waals surface area contributed by atoms with Crippen molar-refractivity contribution in [2.75, 3.05) is 11.9 Å². The van der Waals surface area contributed by atoms with E-state index in [9.17, 15) is 4.79 Å². The number of hydrogen-bond donors (Lipinski definition) is 2. The Morgan fingerprint density at radius 1 is 1.69 bits per heavy atom. The Bertz CT molecular complexity index is 305. The van der Waals surface area contributed by atoms with Crippen LogP contribution in [0.15, 0.2) is 6.07 Å². The van der Waals surface area contributed by atoms with Crippen LogP contribution < -0.4 is 10.6 Å². The van der Waals surface area contributed by atoms with E-state index in [0.717, 1.165) is 5.69 Å². The summed E-state index contributed by atoms with van der Waals surface area (Å²) >= 11 is 0. The molecule has 1 aromatic rings. The summed E-state index contributed by atoms with van der Waals surface area (Å²) in [7, 11) is 1.79. The molecule has 0 unspecified atom stereocenters. The lowest BCUT2D eigenvalue weighted by Crippen LogP contribution is -2.29. The number of carbonyl (C=O) groups excluding carboxylic acids is 1. The number of rotatable bonds is 2. The van der Waals surface area contributed by atoms with Crippen molar-refractivity contribution < 1.29 is 4.79 Å². The SMILES string of the molecule is CCNC(=O)Nc1cc(C)nn1C. The number of anilines is 1. The summed E-state index contributed by atoms with van der Waals surface area (Å²) in [5.74, 6) is 0.698. The van der Waals surface area contributed by atoms with E-state index in [1.807, 2.05) is 19.9 Å². The first-order chi connectivity index (χ1) is 6.13. The zero-order chi connectivity index (χ0) is 9.84. The highest BCUT2D eigenvalue weighted by Gasteiger charge is 2.04. The fourth-order valence-corrected chi connectivity index (χ4v) is 1.05. The minimum absolute atomic E-state index is 0.203. The lowest BCUT2D eigenvalue weighted by molar-refractivity contribution is 0.252. The number of nitrogens with zero attached hydrogens (tertiary/aromatic N) is 2. The molecule has 2 N–H and O–H groups in total. The summed E-state index contributed by atoms with van der Waals surface area (Å²) < 4.78 is 1.63. The summed E-state index contributed by atoms with van der Waals surface area (Å²) in [5.41, 5.74) is 0.884. The van der Waals surface area contributed by atoms with Gasteiger partial charge >= 0.3 is 6.03 Å². The third-order valence-corrected chi connectivity index (χ3v) is 1.58. The minimum atomic E-state index is -0.203. The zero-order valence-electron chi connectivity index (χ0n) is 8.09. The van der Waals surface area contributed by atoms with Crippen molar-refractivity contribution in [3.05, 3.63) is 11.8 Å². The summed E-state index contributed by atoms with van der Waals surface area (Å²) in [5, 5.41) is 9.42. The van der Waals surface area contributed by atoms with E-state index >= 15 is 0 Å². The molecule has 72 valence electrons. The molecule has 2 amide bonds. The number of aryl methyl sites for hydroxylation is 2. The van der Waals surface area contributed by atoms with Crippen molar-refractivity contribution in [3.63, 3.8) is 0 Å². The molecule has 0 aromatic carbocycles. The summed E-state index contributed by atoms with van der Waals surface area (Å²) in [4.78, 5) is 11.1. The van der Waals surface area contributed by atoms with Gasteiger partial charge in [-0.3, -0.25) is 10.00 Å². The monoisotopic (exact) mass is 182 g/mol. The summed E-state index contributed by atoms with van der Waals surface area (Å²) in [6.07, 6.45) is 0. The van der Waals surface area contributed by atoms with Crippen LogP contribution in [0, 0.1) is 6.92 Å². The van der Waals surface area contributed by atoms with Gasteiger partial charge in [-0.05, 0) is 13.8 Å². The van der Waals surface area contributed by atoms with Gasteiger partial charge in [0.05, 0.1) is 5.69 Å². The number of urea groups is 1. The molecule has 0 saturated carbocycles. The second-order valence-electron chi connectivity index (χ2n) is 2.78. The van der Waals surface area contributed by atoms with Crippen LogP contribution in [0.4, 0.5) is 10.6 Å². The maximum absolute atomic E-state index is 11.1. The third-order valence-electron chi connectivity index (χ3n) is 1.58. The van der Waals surface area contributed by atoms with Gasteiger partial charge in [-0.25, -0.2) is 4.79 Å². The molecule has 1 rings (SSSR count). The van der Waals surface area contributed by atoms with Crippen LogP contribution in [-0.4, -0.2) is 22.4 Å². The van der Waals surface area contributed by atoms with Crippen molar-refractivity contribution >= 4 is 11.8 Å². The average Bonchev–Trinajstić information content (AvgIpc) is 2.30. The average molecular weight is 182 g/mol. The van der Waals surface area contributed by atoms with E-state index < -0.39 is 0 Å². The normalized spacial score (nSPS) is 9.77. The number of hydrogen-bond acceptors (Lipinski definition) is 2. The molecule has 13 heavy (non-hydrogen) atoms. The fraction of sp³-hybridized carbons (Fsp3) is 0.500. The standard InChI is InChI=1S/C8H14N4O/c1-4-9-8(13)10-7-5-6(2)11-12(7)3/h5H,4H2,1-3H3,(H2,9,10,13). The number of nitrogens with one attached hydrogen (secondary N) is 2. The lowest BCUT2D eigenvalue weighted by Gasteiger charge is -2.04. The van der Waals surface area contributed by atoms with Crippen molar-refractivity contribution in [3.8, 4) is 0 Å². The van der Waals surface area contributed by atoms with Gasteiger partial charge in [-0.1, -0.05) is 0 Å². The van der Waals surface area contributed by atoms with E-state index in [1.165, 1.54) is 0 Å². The van der Waals surface area contributed by atoms with Gasteiger partial charge in [0.2, 0.25) is 0 Å². The van der Waals surface area contributed by atoms with Crippen LogP contribution in [0.2, 0.25) is 0 Å². The Morgan fingerprint density at radius 3 is 2.85 bits per heavy atom. The number of carbonyl (C=O) groups is 1. The van der Waals surface area contributed by atoms with E-state index in [4.69, 9.17) is 0 Å². The van der Waals surface area contributed by atoms with Crippen molar-refractivity contribution in [2.45, 2.75) is 13.8 Å². The Labute approximate surface area is 77.1 Å². The Kier molecular flexibility index (Phi) is 2.89. The number of amides is 2. The second kappa shape index (κ2) is 3.93. The Morgan fingerprint density at radius 2 is 2.38 bits per heavy atom. The molecule has 0 fully saturated rings. The predicted octanol–water partition coefficient (Wildman–Crippen LogP) is 0.870. The molecule has 5 heteroatoms.